The van der Waals surface area contributed by atoms with Gasteiger partial charge in [-0.1, -0.05) is 34.1 Å². The number of anilines is 2. The number of nitrogens with zero attached hydrogens (tertiary/aromatic N) is 3. The van der Waals surface area contributed by atoms with Gasteiger partial charge in [-0.15, -0.1) is 11.3 Å². The monoisotopic (exact) mass is 583 g/mol. The van der Waals surface area contributed by atoms with Crippen molar-refractivity contribution in [3.63, 3.8) is 0 Å². The molecule has 4 rings (SSSR count). The molecule has 1 aliphatic rings. The highest BCUT2D eigenvalue weighted by Crippen LogP contribution is 2.29. The molecule has 0 aliphatic carbocycles. The topological polar surface area (TPSA) is 67.9 Å². The molecule has 196 valence electrons. The van der Waals surface area contributed by atoms with Crippen LogP contribution in [0.1, 0.15) is 25.6 Å². The highest BCUT2D eigenvalue weighted by molar-refractivity contribution is 9.10. The molecule has 1 aliphatic heterocycles. The Bertz CT molecular complexity index is 1180. The van der Waals surface area contributed by atoms with E-state index in [4.69, 9.17) is 0 Å². The highest BCUT2D eigenvalue weighted by Gasteiger charge is 2.21. The van der Waals surface area contributed by atoms with Crippen molar-refractivity contribution in [3.8, 4) is 0 Å². The molecule has 1 fully saturated rings. The zero-order valence-corrected chi connectivity index (χ0v) is 23.8. The first-order valence-corrected chi connectivity index (χ1v) is 14.2. The Morgan fingerprint density at radius 2 is 1.76 bits per heavy atom. The Morgan fingerprint density at radius 1 is 1.00 bits per heavy atom. The van der Waals surface area contributed by atoms with Crippen molar-refractivity contribution in [2.24, 2.45) is 0 Å². The summed E-state index contributed by atoms with van der Waals surface area (Å²) in [6.45, 7) is 6.28. The van der Waals surface area contributed by atoms with E-state index in [1.54, 1.807) is 6.07 Å². The van der Waals surface area contributed by atoms with E-state index in [2.05, 4.69) is 55.4 Å². The van der Waals surface area contributed by atoms with Crippen LogP contribution in [-0.2, 0) is 6.42 Å². The molecule has 7 nitrogen and oxygen atoms in total. The van der Waals surface area contributed by atoms with Gasteiger partial charge in [0.15, 0.2) is 0 Å². The van der Waals surface area contributed by atoms with Gasteiger partial charge in [-0.05, 0) is 67.9 Å². The van der Waals surface area contributed by atoms with Crippen LogP contribution < -0.4 is 15.5 Å². The second kappa shape index (κ2) is 13.2. The standard InChI is InChI=1S/C28H34BrN5O2S/c1-32(2)13-14-33-15-17-34(18-16-33)25-10-7-22(20-24(25)31-28(36)26-4-3-19-37-26)27(35)30-12-11-21-5-8-23(29)9-6-21/h3-10,19-20H,11-18H2,1-2H3,(H,30,35)(H,31,36). The minimum absolute atomic E-state index is 0.149. The summed E-state index contributed by atoms with van der Waals surface area (Å²) in [5.74, 6) is -0.308. The largest absolute Gasteiger partial charge is 0.367 e. The van der Waals surface area contributed by atoms with Crippen molar-refractivity contribution < 1.29 is 9.59 Å². The maximum absolute atomic E-state index is 13.0. The smallest absolute Gasteiger partial charge is 0.265 e. The molecule has 2 N–H and O–H groups in total. The molecule has 0 spiro atoms. The lowest BCUT2D eigenvalue weighted by atomic mass is 10.1. The predicted octanol–water partition coefficient (Wildman–Crippen LogP) is 4.42. The van der Waals surface area contributed by atoms with Gasteiger partial charge >= 0.3 is 0 Å². The second-order valence-corrected chi connectivity index (χ2v) is 11.3. The predicted molar refractivity (Wildman–Crippen MR) is 156 cm³/mol. The van der Waals surface area contributed by atoms with Crippen LogP contribution in [0.4, 0.5) is 11.4 Å². The number of carbonyl (C=O) groups excluding carboxylic acids is 2. The summed E-state index contributed by atoms with van der Waals surface area (Å²) in [4.78, 5) is 33.5. The van der Waals surface area contributed by atoms with Gasteiger partial charge in [-0.2, -0.15) is 0 Å². The molecule has 37 heavy (non-hydrogen) atoms. The fraction of sp³-hybridized carbons (Fsp3) is 0.357. The van der Waals surface area contributed by atoms with Gasteiger partial charge in [-0.3, -0.25) is 14.5 Å². The summed E-state index contributed by atoms with van der Waals surface area (Å²) in [6.07, 6.45) is 0.747. The summed E-state index contributed by atoms with van der Waals surface area (Å²) in [6, 6.07) is 17.4. The first kappa shape index (κ1) is 27.3. The van der Waals surface area contributed by atoms with E-state index in [-0.39, 0.29) is 11.8 Å². The number of halogens is 1. The quantitative estimate of drug-likeness (QED) is 0.370. The molecule has 2 aromatic carbocycles. The van der Waals surface area contributed by atoms with Gasteiger partial charge < -0.3 is 20.4 Å². The van der Waals surface area contributed by atoms with E-state index in [0.29, 0.717) is 22.7 Å². The lowest BCUT2D eigenvalue weighted by Gasteiger charge is -2.37. The van der Waals surface area contributed by atoms with E-state index in [0.717, 1.165) is 61.4 Å². The van der Waals surface area contributed by atoms with Crippen LogP contribution in [0.3, 0.4) is 0 Å². The second-order valence-electron chi connectivity index (χ2n) is 9.43. The maximum Gasteiger partial charge on any atom is 0.265 e. The highest BCUT2D eigenvalue weighted by atomic mass is 79.9. The molecule has 0 radical (unpaired) electrons. The molecular weight excluding hydrogens is 550 g/mol. The van der Waals surface area contributed by atoms with E-state index >= 15 is 0 Å². The molecule has 2 heterocycles. The molecule has 1 aromatic heterocycles. The van der Waals surface area contributed by atoms with E-state index in [1.807, 2.05) is 53.9 Å². The Balaban J connectivity index is 1.45. The van der Waals surface area contributed by atoms with Gasteiger partial charge in [0, 0.05) is 55.8 Å². The number of amides is 2. The molecule has 2 amide bonds. The number of hydrogen-bond acceptors (Lipinski definition) is 6. The number of nitrogens with one attached hydrogen (secondary N) is 2. The minimum Gasteiger partial charge on any atom is -0.367 e. The molecule has 0 atom stereocenters. The van der Waals surface area contributed by atoms with Crippen LogP contribution in [0.2, 0.25) is 0 Å². The fourth-order valence-corrected chi connectivity index (χ4v) is 5.16. The van der Waals surface area contributed by atoms with Crippen molar-refractivity contribution in [1.29, 1.82) is 0 Å². The Morgan fingerprint density at radius 3 is 2.43 bits per heavy atom. The summed E-state index contributed by atoms with van der Waals surface area (Å²) in [7, 11) is 4.19. The third kappa shape index (κ3) is 7.88. The van der Waals surface area contributed by atoms with Crippen LogP contribution in [0.5, 0.6) is 0 Å². The number of carbonyl (C=O) groups is 2. The Hall–Kier alpha value is -2.72. The number of thiophene rings is 1. The van der Waals surface area contributed by atoms with Crippen molar-refractivity contribution in [2.75, 3.05) is 70.1 Å². The lowest BCUT2D eigenvalue weighted by molar-refractivity contribution is 0.0952. The van der Waals surface area contributed by atoms with Gasteiger partial charge in [-0.25, -0.2) is 0 Å². The number of piperazine rings is 1. The molecular formula is C28H34BrN5O2S. The van der Waals surface area contributed by atoms with Crippen LogP contribution in [-0.4, -0.2) is 81.5 Å². The lowest BCUT2D eigenvalue weighted by Crippen LogP contribution is -2.48. The number of rotatable bonds is 10. The van der Waals surface area contributed by atoms with E-state index < -0.39 is 0 Å². The Labute approximate surface area is 231 Å². The first-order valence-electron chi connectivity index (χ1n) is 12.5. The summed E-state index contributed by atoms with van der Waals surface area (Å²) in [5.41, 5.74) is 3.31. The molecule has 1 saturated heterocycles. The molecule has 0 bridgehead atoms. The third-order valence-electron chi connectivity index (χ3n) is 6.44. The van der Waals surface area contributed by atoms with Crippen molar-refractivity contribution >= 4 is 50.5 Å². The fourth-order valence-electron chi connectivity index (χ4n) is 4.27. The van der Waals surface area contributed by atoms with E-state index in [1.165, 1.54) is 11.3 Å². The average Bonchev–Trinajstić information content (AvgIpc) is 3.44. The zero-order chi connectivity index (χ0) is 26.2. The zero-order valence-electron chi connectivity index (χ0n) is 21.4. The van der Waals surface area contributed by atoms with Gasteiger partial charge in [0.05, 0.1) is 16.3 Å². The average molecular weight is 585 g/mol. The van der Waals surface area contributed by atoms with Crippen LogP contribution in [0.15, 0.2) is 64.5 Å². The van der Waals surface area contributed by atoms with Gasteiger partial charge in [0.2, 0.25) is 0 Å². The summed E-state index contributed by atoms with van der Waals surface area (Å²) < 4.78 is 1.03. The SMILES string of the molecule is CN(C)CCN1CCN(c2ccc(C(=O)NCCc3ccc(Br)cc3)cc2NC(=O)c2cccs2)CC1. The van der Waals surface area contributed by atoms with Crippen LogP contribution in [0.25, 0.3) is 0 Å². The number of likely N-dealkylation sites (N-methyl/N-ethyl adjacent to an activating group) is 1. The Kier molecular flexibility index (Phi) is 9.74. The minimum atomic E-state index is -0.159. The van der Waals surface area contributed by atoms with Crippen molar-refractivity contribution in [3.05, 3.63) is 80.5 Å². The third-order valence-corrected chi connectivity index (χ3v) is 7.84. The van der Waals surface area contributed by atoms with Crippen molar-refractivity contribution in [2.45, 2.75) is 6.42 Å². The van der Waals surface area contributed by atoms with Gasteiger partial charge in [0.1, 0.15) is 0 Å². The normalized spacial score (nSPS) is 14.1. The maximum atomic E-state index is 13.0. The van der Waals surface area contributed by atoms with Crippen molar-refractivity contribution in [1.82, 2.24) is 15.1 Å². The molecule has 0 unspecified atom stereocenters. The molecule has 0 saturated carbocycles. The number of hydrogen-bond donors (Lipinski definition) is 2. The first-order chi connectivity index (χ1) is 17.9. The summed E-state index contributed by atoms with van der Waals surface area (Å²) in [5, 5.41) is 7.97. The van der Waals surface area contributed by atoms with Gasteiger partial charge in [0.25, 0.3) is 11.8 Å². The molecule has 3 aromatic rings. The molecule has 9 heteroatoms. The summed E-state index contributed by atoms with van der Waals surface area (Å²) >= 11 is 4.85. The van der Waals surface area contributed by atoms with Crippen LogP contribution >= 0.6 is 27.3 Å². The van der Waals surface area contributed by atoms with E-state index in [9.17, 15) is 9.59 Å². The van der Waals surface area contributed by atoms with Crippen LogP contribution in [0, 0.1) is 0 Å². The number of benzene rings is 2.